The third kappa shape index (κ3) is 4.82. The van der Waals surface area contributed by atoms with Gasteiger partial charge in [0.25, 0.3) is 0 Å². The van der Waals surface area contributed by atoms with E-state index in [1.54, 1.807) is 23.5 Å². The summed E-state index contributed by atoms with van der Waals surface area (Å²) in [6.45, 7) is 2.22. The Morgan fingerprint density at radius 2 is 1.95 bits per heavy atom. The van der Waals surface area contributed by atoms with Crippen LogP contribution in [-0.2, 0) is 6.42 Å². The summed E-state index contributed by atoms with van der Waals surface area (Å²) in [5.74, 6) is 0.0542. The van der Waals surface area contributed by atoms with Crippen molar-refractivity contribution < 1.29 is 13.2 Å². The molecule has 0 saturated heterocycles. The maximum absolute atomic E-state index is 13.1. The molecule has 21 heavy (non-hydrogen) atoms. The van der Waals surface area contributed by atoms with E-state index in [2.05, 4.69) is 10.3 Å². The van der Waals surface area contributed by atoms with Crippen LogP contribution in [0.1, 0.15) is 24.0 Å². The first-order chi connectivity index (χ1) is 9.97. The van der Waals surface area contributed by atoms with Crippen LogP contribution in [0.5, 0.6) is 0 Å². The average Bonchev–Trinajstić information content (AvgIpc) is 2.97. The number of thiophene rings is 1. The number of hydrogen-bond acceptors (Lipinski definition) is 3. The molecule has 0 unspecified atom stereocenters. The van der Waals surface area contributed by atoms with Crippen molar-refractivity contribution in [2.45, 2.75) is 31.5 Å². The van der Waals surface area contributed by atoms with E-state index in [-0.39, 0.29) is 12.3 Å². The van der Waals surface area contributed by atoms with Crippen LogP contribution < -0.4 is 5.32 Å². The fraction of sp³-hybridized carbons (Fsp3) is 0.400. The van der Waals surface area contributed by atoms with Gasteiger partial charge in [-0.1, -0.05) is 6.92 Å². The molecule has 6 heteroatoms. The van der Waals surface area contributed by atoms with Crippen LogP contribution in [-0.4, -0.2) is 23.7 Å². The zero-order chi connectivity index (χ0) is 15.3. The highest BCUT2D eigenvalue weighted by Gasteiger charge is 2.39. The van der Waals surface area contributed by atoms with Gasteiger partial charge in [0.1, 0.15) is 6.04 Å². The molecule has 1 N–H and O–H groups in total. The number of halogens is 3. The maximum atomic E-state index is 13.1. The molecule has 0 aliphatic rings. The van der Waals surface area contributed by atoms with Gasteiger partial charge in [-0.05, 0) is 52.4 Å². The van der Waals surface area contributed by atoms with E-state index in [0.717, 1.165) is 5.56 Å². The summed E-state index contributed by atoms with van der Waals surface area (Å²) in [6, 6.07) is 3.63. The lowest BCUT2D eigenvalue weighted by Gasteiger charge is -2.23. The lowest BCUT2D eigenvalue weighted by atomic mass is 10.0. The molecule has 114 valence electrons. The van der Waals surface area contributed by atoms with Gasteiger partial charge in [-0.2, -0.15) is 24.5 Å². The number of nitrogens with zero attached hydrogens (tertiary/aromatic N) is 1. The van der Waals surface area contributed by atoms with Gasteiger partial charge >= 0.3 is 6.18 Å². The number of hydrogen-bond donors (Lipinski definition) is 1. The third-order valence-corrected chi connectivity index (χ3v) is 4.07. The van der Waals surface area contributed by atoms with Crippen molar-refractivity contribution in [1.29, 1.82) is 0 Å². The molecule has 0 amide bonds. The van der Waals surface area contributed by atoms with Crippen LogP contribution in [0.2, 0.25) is 0 Å². The van der Waals surface area contributed by atoms with Gasteiger partial charge < -0.3 is 5.32 Å². The Morgan fingerprint density at radius 3 is 2.52 bits per heavy atom. The van der Waals surface area contributed by atoms with Crippen molar-refractivity contribution in [2.24, 2.45) is 0 Å². The molecule has 0 aliphatic carbocycles. The predicted molar refractivity (Wildman–Crippen MR) is 78.5 cm³/mol. The van der Waals surface area contributed by atoms with Crippen LogP contribution in [0.15, 0.2) is 41.4 Å². The summed E-state index contributed by atoms with van der Waals surface area (Å²) >= 11 is 1.55. The SMILES string of the molecule is C[C@H](CN[C@@H](Cc1ccncc1)C(F)(F)F)c1ccsc1. The van der Waals surface area contributed by atoms with E-state index in [1.165, 1.54) is 12.4 Å². The van der Waals surface area contributed by atoms with Crippen molar-refractivity contribution in [2.75, 3.05) is 6.54 Å². The first-order valence-corrected chi connectivity index (χ1v) is 7.62. The summed E-state index contributed by atoms with van der Waals surface area (Å²) in [5.41, 5.74) is 1.69. The van der Waals surface area contributed by atoms with E-state index in [4.69, 9.17) is 0 Å². The number of pyridine rings is 1. The summed E-state index contributed by atoms with van der Waals surface area (Å²) in [5, 5.41) is 6.56. The fourth-order valence-corrected chi connectivity index (χ4v) is 2.83. The monoisotopic (exact) mass is 314 g/mol. The Bertz CT molecular complexity index is 526. The van der Waals surface area contributed by atoms with Gasteiger partial charge in [-0.25, -0.2) is 0 Å². The van der Waals surface area contributed by atoms with Gasteiger partial charge in [0.05, 0.1) is 0 Å². The first-order valence-electron chi connectivity index (χ1n) is 6.68. The molecule has 0 saturated carbocycles. The molecule has 2 atom stereocenters. The van der Waals surface area contributed by atoms with Gasteiger partial charge in [0.2, 0.25) is 0 Å². The standard InChI is InChI=1S/C15H17F3N2S/c1-11(13-4-7-21-10-13)9-20-14(15(16,17)18)8-12-2-5-19-6-3-12/h2-7,10-11,14,20H,8-9H2,1H3/t11-,14+/m1/s1. The second-order valence-electron chi connectivity index (χ2n) is 5.02. The Balaban J connectivity index is 1.97. The summed E-state index contributed by atoms with van der Waals surface area (Å²) < 4.78 is 39.4. The summed E-state index contributed by atoms with van der Waals surface area (Å²) in [4.78, 5) is 3.82. The van der Waals surface area contributed by atoms with Crippen LogP contribution in [0.3, 0.4) is 0 Å². The van der Waals surface area contributed by atoms with Gasteiger partial charge in [0.15, 0.2) is 0 Å². The van der Waals surface area contributed by atoms with Crippen molar-refractivity contribution >= 4 is 11.3 Å². The molecule has 0 aliphatic heterocycles. The molecule has 0 spiro atoms. The van der Waals surface area contributed by atoms with Crippen LogP contribution in [0.4, 0.5) is 13.2 Å². The van der Waals surface area contributed by atoms with Crippen molar-refractivity contribution in [3.8, 4) is 0 Å². The van der Waals surface area contributed by atoms with E-state index in [1.807, 2.05) is 23.8 Å². The highest BCUT2D eigenvalue weighted by molar-refractivity contribution is 7.07. The minimum Gasteiger partial charge on any atom is -0.305 e. The smallest absolute Gasteiger partial charge is 0.305 e. The van der Waals surface area contributed by atoms with Crippen LogP contribution in [0, 0.1) is 0 Å². The quantitative estimate of drug-likeness (QED) is 0.871. The largest absolute Gasteiger partial charge is 0.404 e. The predicted octanol–water partition coefficient (Wildman–Crippen LogP) is 4.01. The van der Waals surface area contributed by atoms with E-state index in [9.17, 15) is 13.2 Å². The fourth-order valence-electron chi connectivity index (χ4n) is 2.05. The molecule has 2 nitrogen and oxygen atoms in total. The topological polar surface area (TPSA) is 24.9 Å². The molecule has 2 aromatic rings. The lowest BCUT2D eigenvalue weighted by Crippen LogP contribution is -2.45. The molecular weight excluding hydrogens is 297 g/mol. The van der Waals surface area contributed by atoms with E-state index in [0.29, 0.717) is 12.1 Å². The maximum Gasteiger partial charge on any atom is 0.404 e. The number of aromatic nitrogens is 1. The third-order valence-electron chi connectivity index (χ3n) is 3.37. The van der Waals surface area contributed by atoms with Gasteiger partial charge in [-0.3, -0.25) is 4.98 Å². The zero-order valence-electron chi connectivity index (χ0n) is 11.6. The number of rotatable bonds is 6. The van der Waals surface area contributed by atoms with Crippen molar-refractivity contribution in [3.63, 3.8) is 0 Å². The summed E-state index contributed by atoms with van der Waals surface area (Å²) in [7, 11) is 0. The minimum absolute atomic E-state index is 0.0542. The van der Waals surface area contributed by atoms with Crippen LogP contribution in [0.25, 0.3) is 0 Å². The second kappa shape index (κ2) is 7.04. The molecule has 2 aromatic heterocycles. The highest BCUT2D eigenvalue weighted by atomic mass is 32.1. The molecule has 2 heterocycles. The molecule has 0 aromatic carbocycles. The molecular formula is C15H17F3N2S. The van der Waals surface area contributed by atoms with Crippen LogP contribution >= 0.6 is 11.3 Å². The number of nitrogens with one attached hydrogen (secondary N) is 1. The zero-order valence-corrected chi connectivity index (χ0v) is 12.4. The molecule has 0 fully saturated rings. The normalized spacial score (nSPS) is 14.9. The highest BCUT2D eigenvalue weighted by Crippen LogP contribution is 2.24. The van der Waals surface area contributed by atoms with E-state index < -0.39 is 12.2 Å². The Labute approximate surface area is 126 Å². The van der Waals surface area contributed by atoms with Gasteiger partial charge in [0, 0.05) is 18.9 Å². The molecule has 0 bridgehead atoms. The van der Waals surface area contributed by atoms with Gasteiger partial charge in [-0.15, -0.1) is 0 Å². The lowest BCUT2D eigenvalue weighted by molar-refractivity contribution is -0.155. The Kier molecular flexibility index (Phi) is 5.36. The van der Waals surface area contributed by atoms with Crippen molar-refractivity contribution in [1.82, 2.24) is 10.3 Å². The molecule has 2 rings (SSSR count). The average molecular weight is 314 g/mol. The van der Waals surface area contributed by atoms with Crippen molar-refractivity contribution in [3.05, 3.63) is 52.5 Å². The number of alkyl halides is 3. The Hall–Kier alpha value is -1.40. The Morgan fingerprint density at radius 1 is 1.24 bits per heavy atom. The van der Waals surface area contributed by atoms with E-state index >= 15 is 0 Å². The minimum atomic E-state index is -4.27. The summed E-state index contributed by atoms with van der Waals surface area (Å²) in [6.07, 6.45) is -1.33. The first kappa shape index (κ1) is 16.0. The molecule has 0 radical (unpaired) electrons. The second-order valence-corrected chi connectivity index (χ2v) is 5.80.